The van der Waals surface area contributed by atoms with Crippen LogP contribution in [0.4, 0.5) is 5.69 Å². The van der Waals surface area contributed by atoms with E-state index in [-0.39, 0.29) is 10.5 Å². The molecule has 2 heterocycles. The summed E-state index contributed by atoms with van der Waals surface area (Å²) in [6, 6.07) is 11.6. The van der Waals surface area contributed by atoms with Gasteiger partial charge in [-0.2, -0.15) is 0 Å². The molecule has 4 rings (SSSR count). The molecule has 0 saturated heterocycles. The second-order valence-corrected chi connectivity index (χ2v) is 10.3. The first-order valence-electron chi connectivity index (χ1n) is 11.0. The van der Waals surface area contributed by atoms with Crippen LogP contribution in [0.2, 0.25) is 0 Å². The van der Waals surface area contributed by atoms with Gasteiger partial charge in [-0.3, -0.25) is 14.5 Å². The zero-order valence-electron chi connectivity index (χ0n) is 19.6. The molecule has 12 heteroatoms. The molecule has 10 nitrogen and oxygen atoms in total. The number of carbonyl (C=O) groups is 2. The lowest BCUT2D eigenvalue weighted by molar-refractivity contribution is -0.125. The molecular weight excluding hydrogens is 518 g/mol. The SMILES string of the molecule is Cc1ccc(S(=O)(=O)CNC(=O)C(c2cncnc2)N(C(=O)CCl)c2ccc(-c3cnco3)cc2)cc1. The van der Waals surface area contributed by atoms with E-state index in [1.165, 1.54) is 42.1 Å². The fourth-order valence-corrected chi connectivity index (χ4v) is 4.79. The molecule has 0 aliphatic carbocycles. The molecule has 4 aromatic rings. The molecule has 1 unspecified atom stereocenters. The molecule has 0 saturated carbocycles. The fourth-order valence-electron chi connectivity index (χ4n) is 3.61. The molecule has 0 bridgehead atoms. The van der Waals surface area contributed by atoms with E-state index in [4.69, 9.17) is 16.0 Å². The van der Waals surface area contributed by atoms with Gasteiger partial charge in [-0.25, -0.2) is 23.4 Å². The Labute approximate surface area is 218 Å². The molecule has 0 aliphatic rings. The predicted molar refractivity (Wildman–Crippen MR) is 136 cm³/mol. The molecule has 0 radical (unpaired) electrons. The highest BCUT2D eigenvalue weighted by Crippen LogP contribution is 2.30. The molecule has 0 aliphatic heterocycles. The second kappa shape index (κ2) is 11.3. The van der Waals surface area contributed by atoms with Gasteiger partial charge in [0, 0.05) is 29.2 Å². The van der Waals surface area contributed by atoms with Crippen molar-refractivity contribution in [3.8, 4) is 11.3 Å². The average molecular weight is 540 g/mol. The molecule has 1 atom stereocenters. The second-order valence-electron chi connectivity index (χ2n) is 8.00. The number of hydrogen-bond acceptors (Lipinski definition) is 8. The van der Waals surface area contributed by atoms with E-state index in [9.17, 15) is 18.0 Å². The van der Waals surface area contributed by atoms with Gasteiger partial charge in [-0.05, 0) is 43.3 Å². The number of anilines is 1. The van der Waals surface area contributed by atoms with Crippen molar-refractivity contribution in [2.75, 3.05) is 16.7 Å². The number of sulfone groups is 1. The minimum absolute atomic E-state index is 0.0645. The molecule has 2 aromatic carbocycles. The van der Waals surface area contributed by atoms with Gasteiger partial charge < -0.3 is 9.73 Å². The third-order valence-corrected chi connectivity index (χ3v) is 7.21. The van der Waals surface area contributed by atoms with E-state index in [2.05, 4.69) is 20.3 Å². The fraction of sp³-hybridized carbons (Fsp3) is 0.160. The smallest absolute Gasteiger partial charge is 0.248 e. The Balaban J connectivity index is 1.67. The first-order chi connectivity index (χ1) is 17.8. The molecule has 190 valence electrons. The minimum Gasteiger partial charge on any atom is -0.444 e. The third kappa shape index (κ3) is 6.01. The maximum Gasteiger partial charge on any atom is 0.248 e. The van der Waals surface area contributed by atoms with Gasteiger partial charge in [-0.15, -0.1) is 11.6 Å². The number of halogens is 1. The van der Waals surface area contributed by atoms with Crippen LogP contribution in [0.3, 0.4) is 0 Å². The van der Waals surface area contributed by atoms with E-state index in [1.807, 2.05) is 6.92 Å². The van der Waals surface area contributed by atoms with Crippen molar-refractivity contribution in [2.24, 2.45) is 0 Å². The number of aryl methyl sites for hydroxylation is 1. The number of amides is 2. The highest BCUT2D eigenvalue weighted by atomic mass is 35.5. The van der Waals surface area contributed by atoms with Crippen molar-refractivity contribution >= 4 is 38.9 Å². The highest BCUT2D eigenvalue weighted by Gasteiger charge is 2.33. The standard InChI is InChI=1S/C25H22ClN5O5S/c1-17-2-8-21(9-3-17)37(34,35)16-30-25(33)24(19-11-27-14-28-12-19)31(23(32)10-26)20-6-4-18(5-7-20)22-13-29-15-36-22/h2-9,11-15,24H,10,16H2,1H3,(H,30,33). The van der Waals surface area contributed by atoms with Crippen molar-refractivity contribution in [1.82, 2.24) is 20.3 Å². The lowest BCUT2D eigenvalue weighted by Gasteiger charge is -2.30. The minimum atomic E-state index is -3.84. The van der Waals surface area contributed by atoms with Crippen LogP contribution in [0.15, 0.2) is 89.2 Å². The Hall–Kier alpha value is -4.09. The topological polar surface area (TPSA) is 135 Å². The first kappa shape index (κ1) is 26.0. The highest BCUT2D eigenvalue weighted by molar-refractivity contribution is 7.91. The summed E-state index contributed by atoms with van der Waals surface area (Å²) in [5.41, 5.74) is 2.22. The van der Waals surface area contributed by atoms with Crippen LogP contribution in [0.5, 0.6) is 0 Å². The van der Waals surface area contributed by atoms with Crippen LogP contribution < -0.4 is 10.2 Å². The van der Waals surface area contributed by atoms with Crippen LogP contribution in [0.25, 0.3) is 11.3 Å². The number of carbonyl (C=O) groups excluding carboxylic acids is 2. The molecular formula is C25H22ClN5O5S. The zero-order valence-corrected chi connectivity index (χ0v) is 21.2. The number of benzene rings is 2. The summed E-state index contributed by atoms with van der Waals surface area (Å²) in [6.07, 6.45) is 6.88. The van der Waals surface area contributed by atoms with E-state index < -0.39 is 39.5 Å². The maximum absolute atomic E-state index is 13.5. The normalized spacial score (nSPS) is 12.1. The summed E-state index contributed by atoms with van der Waals surface area (Å²) < 4.78 is 31.0. The molecule has 2 amide bonds. The molecule has 37 heavy (non-hydrogen) atoms. The van der Waals surface area contributed by atoms with E-state index in [0.717, 1.165) is 5.56 Å². The van der Waals surface area contributed by atoms with Crippen molar-refractivity contribution in [3.63, 3.8) is 0 Å². The van der Waals surface area contributed by atoms with E-state index >= 15 is 0 Å². The number of nitrogens with one attached hydrogen (secondary N) is 1. The van der Waals surface area contributed by atoms with Gasteiger partial charge >= 0.3 is 0 Å². The zero-order chi connectivity index (χ0) is 26.4. The molecule has 2 aromatic heterocycles. The summed E-state index contributed by atoms with van der Waals surface area (Å²) >= 11 is 5.91. The first-order valence-corrected chi connectivity index (χ1v) is 13.2. The van der Waals surface area contributed by atoms with E-state index in [1.54, 1.807) is 42.6 Å². The van der Waals surface area contributed by atoms with Crippen molar-refractivity contribution < 1.29 is 22.4 Å². The number of alkyl halides is 1. The Morgan fingerprint density at radius 1 is 1.00 bits per heavy atom. The van der Waals surface area contributed by atoms with Gasteiger partial charge in [0.2, 0.25) is 11.8 Å². The number of hydrogen-bond donors (Lipinski definition) is 1. The predicted octanol–water partition coefficient (Wildman–Crippen LogP) is 3.30. The monoisotopic (exact) mass is 539 g/mol. The van der Waals surface area contributed by atoms with Gasteiger partial charge in [-0.1, -0.05) is 17.7 Å². The Morgan fingerprint density at radius 2 is 1.68 bits per heavy atom. The van der Waals surface area contributed by atoms with Gasteiger partial charge in [0.05, 0.1) is 11.1 Å². The van der Waals surface area contributed by atoms with Crippen LogP contribution in [0.1, 0.15) is 17.2 Å². The van der Waals surface area contributed by atoms with Crippen molar-refractivity contribution in [1.29, 1.82) is 0 Å². The van der Waals surface area contributed by atoms with Crippen molar-refractivity contribution in [3.05, 3.63) is 91.0 Å². The quantitative estimate of drug-likeness (QED) is 0.320. The molecule has 0 spiro atoms. The number of nitrogens with zero attached hydrogens (tertiary/aromatic N) is 4. The molecule has 0 fully saturated rings. The summed E-state index contributed by atoms with van der Waals surface area (Å²) in [6.45, 7) is 1.84. The third-order valence-electron chi connectivity index (χ3n) is 5.46. The van der Waals surface area contributed by atoms with Crippen LogP contribution in [-0.4, -0.2) is 46.9 Å². The lowest BCUT2D eigenvalue weighted by Crippen LogP contribution is -2.45. The van der Waals surface area contributed by atoms with Crippen LogP contribution in [0, 0.1) is 6.92 Å². The van der Waals surface area contributed by atoms with Gasteiger partial charge in [0.25, 0.3) is 0 Å². The van der Waals surface area contributed by atoms with Crippen LogP contribution >= 0.6 is 11.6 Å². The Morgan fingerprint density at radius 3 is 2.27 bits per heavy atom. The van der Waals surface area contributed by atoms with Gasteiger partial charge in [0.1, 0.15) is 24.1 Å². The maximum atomic E-state index is 13.5. The number of aromatic nitrogens is 3. The summed E-state index contributed by atoms with van der Waals surface area (Å²) in [7, 11) is -3.84. The summed E-state index contributed by atoms with van der Waals surface area (Å²) in [5.74, 6) is -1.91. The van der Waals surface area contributed by atoms with E-state index in [0.29, 0.717) is 17.0 Å². The van der Waals surface area contributed by atoms with Gasteiger partial charge in [0.15, 0.2) is 22.0 Å². The number of oxazole rings is 1. The van der Waals surface area contributed by atoms with Crippen LogP contribution in [-0.2, 0) is 19.4 Å². The summed E-state index contributed by atoms with van der Waals surface area (Å²) in [5, 5.41) is 2.45. The Kier molecular flexibility index (Phi) is 7.95. The van der Waals surface area contributed by atoms with Crippen molar-refractivity contribution in [2.45, 2.75) is 17.9 Å². The lowest BCUT2D eigenvalue weighted by atomic mass is 10.1. The molecule has 1 N–H and O–H groups in total. The largest absolute Gasteiger partial charge is 0.444 e. The Bertz CT molecular complexity index is 1460. The summed E-state index contributed by atoms with van der Waals surface area (Å²) in [4.78, 5) is 39.6. The number of rotatable bonds is 9. The average Bonchev–Trinajstić information content (AvgIpc) is 3.46.